The van der Waals surface area contributed by atoms with E-state index in [0.29, 0.717) is 17.1 Å². The van der Waals surface area contributed by atoms with Crippen LogP contribution in [0.1, 0.15) is 42.5 Å². The number of rotatable bonds is 5. The Morgan fingerprint density at radius 1 is 1.11 bits per heavy atom. The highest BCUT2D eigenvalue weighted by Crippen LogP contribution is 2.41. The molecule has 4 nitrogen and oxygen atoms in total. The third-order valence-electron chi connectivity index (χ3n) is 4.97. The minimum Gasteiger partial charge on any atom is -0.507 e. The molecule has 0 aromatic heterocycles. The molecule has 2 aromatic rings. The van der Waals surface area contributed by atoms with Crippen molar-refractivity contribution in [3.05, 3.63) is 74.8 Å². The van der Waals surface area contributed by atoms with Crippen LogP contribution in [0.2, 0.25) is 10.0 Å². The molecule has 6 heteroatoms. The number of benzene rings is 2. The molecule has 0 bridgehead atoms. The third-order valence-corrected chi connectivity index (χ3v) is 5.71. The van der Waals surface area contributed by atoms with E-state index in [1.165, 1.54) is 6.07 Å². The lowest BCUT2D eigenvalue weighted by Crippen LogP contribution is -2.30. The molecule has 3 rings (SSSR count). The Kier molecular flexibility index (Phi) is 6.11. The summed E-state index contributed by atoms with van der Waals surface area (Å²) in [7, 11) is 0. The number of likely N-dealkylation sites (tertiary alicyclic amines) is 1. The lowest BCUT2D eigenvalue weighted by molar-refractivity contribution is -0.139. The van der Waals surface area contributed by atoms with Crippen molar-refractivity contribution in [1.29, 1.82) is 0 Å². The van der Waals surface area contributed by atoms with E-state index in [0.717, 1.165) is 24.0 Å². The van der Waals surface area contributed by atoms with Gasteiger partial charge in [-0.05, 0) is 42.7 Å². The minimum atomic E-state index is -0.687. The Morgan fingerprint density at radius 2 is 1.82 bits per heavy atom. The van der Waals surface area contributed by atoms with Crippen LogP contribution in [-0.4, -0.2) is 28.2 Å². The van der Waals surface area contributed by atoms with Gasteiger partial charge in [0.15, 0.2) is 0 Å². The molecule has 1 aliphatic rings. The van der Waals surface area contributed by atoms with Crippen molar-refractivity contribution in [3.8, 4) is 0 Å². The van der Waals surface area contributed by atoms with Crippen molar-refractivity contribution in [2.45, 2.75) is 32.7 Å². The molecular weight excluding hydrogens is 397 g/mol. The van der Waals surface area contributed by atoms with E-state index in [4.69, 9.17) is 23.2 Å². The van der Waals surface area contributed by atoms with E-state index in [-0.39, 0.29) is 16.4 Å². The van der Waals surface area contributed by atoms with Gasteiger partial charge >= 0.3 is 0 Å². The van der Waals surface area contributed by atoms with Gasteiger partial charge in [0.25, 0.3) is 11.7 Å². The third kappa shape index (κ3) is 3.67. The molecule has 28 heavy (non-hydrogen) atoms. The second-order valence-electron chi connectivity index (χ2n) is 6.83. The van der Waals surface area contributed by atoms with E-state index in [1.54, 1.807) is 17.0 Å². The van der Waals surface area contributed by atoms with E-state index in [9.17, 15) is 14.7 Å². The fraction of sp³-hybridized carbons (Fsp3) is 0.273. The van der Waals surface area contributed by atoms with Crippen molar-refractivity contribution in [2.75, 3.05) is 6.54 Å². The number of nitrogens with zero attached hydrogens (tertiary/aromatic N) is 1. The van der Waals surface area contributed by atoms with Gasteiger partial charge in [-0.25, -0.2) is 0 Å². The fourth-order valence-electron chi connectivity index (χ4n) is 3.45. The number of Topliss-reactive ketones (excluding diaryl/α,β-unsaturated/α-hetero) is 1. The molecule has 1 heterocycles. The number of unbranched alkanes of at least 4 members (excludes halogenated alkanes) is 1. The van der Waals surface area contributed by atoms with E-state index in [2.05, 4.69) is 0 Å². The maximum atomic E-state index is 12.9. The molecular formula is C22H21Cl2NO3. The molecule has 0 spiro atoms. The van der Waals surface area contributed by atoms with Gasteiger partial charge in [-0.15, -0.1) is 0 Å². The standard InChI is InChI=1S/C22H21Cl2NO3/c1-3-4-11-25-19(15-8-6-5-7-13(15)2)18(21(27)22(25)28)20(26)14-9-10-16(23)17(24)12-14/h5-10,12,19,26H,3-4,11H2,1-2H3/b20-18+. The van der Waals surface area contributed by atoms with Crippen LogP contribution in [0.5, 0.6) is 0 Å². The van der Waals surface area contributed by atoms with Crippen LogP contribution in [0.3, 0.4) is 0 Å². The molecule has 1 N–H and O–H groups in total. The maximum absolute atomic E-state index is 12.9. The van der Waals surface area contributed by atoms with E-state index >= 15 is 0 Å². The zero-order valence-electron chi connectivity index (χ0n) is 15.7. The van der Waals surface area contributed by atoms with Crippen LogP contribution >= 0.6 is 23.2 Å². The number of amides is 1. The van der Waals surface area contributed by atoms with Gasteiger partial charge in [0.2, 0.25) is 0 Å². The SMILES string of the molecule is CCCCN1C(=O)C(=O)/C(=C(/O)c2ccc(Cl)c(Cl)c2)C1c1ccccc1C. The Hall–Kier alpha value is -2.30. The van der Waals surface area contributed by atoms with Crippen molar-refractivity contribution < 1.29 is 14.7 Å². The van der Waals surface area contributed by atoms with Crippen LogP contribution in [0, 0.1) is 6.92 Å². The van der Waals surface area contributed by atoms with Crippen LogP contribution in [-0.2, 0) is 9.59 Å². The maximum Gasteiger partial charge on any atom is 0.295 e. The molecule has 1 amide bonds. The highest BCUT2D eigenvalue weighted by Gasteiger charge is 2.46. The number of hydrogen-bond donors (Lipinski definition) is 1. The average molecular weight is 418 g/mol. The average Bonchev–Trinajstić information content (AvgIpc) is 2.92. The number of carbonyl (C=O) groups excluding carboxylic acids is 2. The molecule has 1 saturated heterocycles. The number of aryl methyl sites for hydroxylation is 1. The predicted molar refractivity (Wildman–Crippen MR) is 112 cm³/mol. The number of halogens is 2. The minimum absolute atomic E-state index is 0.0776. The molecule has 0 radical (unpaired) electrons. The molecule has 1 fully saturated rings. The molecule has 1 aliphatic heterocycles. The second-order valence-corrected chi connectivity index (χ2v) is 7.65. The summed E-state index contributed by atoms with van der Waals surface area (Å²) in [6, 6.07) is 11.6. The summed E-state index contributed by atoms with van der Waals surface area (Å²) in [4.78, 5) is 27.2. The van der Waals surface area contributed by atoms with Crippen LogP contribution in [0.4, 0.5) is 0 Å². The largest absolute Gasteiger partial charge is 0.507 e. The highest BCUT2D eigenvalue weighted by atomic mass is 35.5. The van der Waals surface area contributed by atoms with Crippen LogP contribution in [0.15, 0.2) is 48.0 Å². The number of aliphatic hydroxyl groups is 1. The van der Waals surface area contributed by atoms with Gasteiger partial charge in [-0.1, -0.05) is 60.8 Å². The van der Waals surface area contributed by atoms with Gasteiger partial charge < -0.3 is 10.0 Å². The Morgan fingerprint density at radius 3 is 2.46 bits per heavy atom. The Balaban J connectivity index is 2.20. The summed E-state index contributed by atoms with van der Waals surface area (Å²) < 4.78 is 0. The summed E-state index contributed by atoms with van der Waals surface area (Å²) in [5.74, 6) is -1.53. The zero-order valence-corrected chi connectivity index (χ0v) is 17.2. The summed E-state index contributed by atoms with van der Waals surface area (Å²) in [5.41, 5.74) is 2.19. The number of carbonyl (C=O) groups is 2. The molecule has 1 unspecified atom stereocenters. The Labute approximate surface area is 174 Å². The molecule has 0 saturated carbocycles. The van der Waals surface area contributed by atoms with Crippen LogP contribution < -0.4 is 0 Å². The first-order chi connectivity index (χ1) is 13.4. The van der Waals surface area contributed by atoms with Crippen LogP contribution in [0.25, 0.3) is 5.76 Å². The first-order valence-electron chi connectivity index (χ1n) is 9.16. The van der Waals surface area contributed by atoms with Gasteiger partial charge in [0.1, 0.15) is 5.76 Å². The molecule has 0 aliphatic carbocycles. The lowest BCUT2D eigenvalue weighted by Gasteiger charge is -2.26. The molecule has 2 aromatic carbocycles. The van der Waals surface area contributed by atoms with Crippen molar-refractivity contribution in [2.24, 2.45) is 0 Å². The van der Waals surface area contributed by atoms with Gasteiger partial charge in [0, 0.05) is 12.1 Å². The first-order valence-corrected chi connectivity index (χ1v) is 9.91. The quantitative estimate of drug-likeness (QED) is 0.395. The second kappa shape index (κ2) is 8.38. The summed E-state index contributed by atoms with van der Waals surface area (Å²) >= 11 is 12.0. The zero-order chi connectivity index (χ0) is 20.4. The summed E-state index contributed by atoms with van der Waals surface area (Å²) in [5, 5.41) is 11.6. The molecule has 1 atom stereocenters. The topological polar surface area (TPSA) is 57.6 Å². The highest BCUT2D eigenvalue weighted by molar-refractivity contribution is 6.46. The molecule has 146 valence electrons. The van der Waals surface area contributed by atoms with Gasteiger partial charge in [-0.3, -0.25) is 9.59 Å². The van der Waals surface area contributed by atoms with Crippen molar-refractivity contribution in [1.82, 2.24) is 4.90 Å². The fourth-order valence-corrected chi connectivity index (χ4v) is 3.75. The number of hydrogen-bond acceptors (Lipinski definition) is 3. The summed E-state index contributed by atoms with van der Waals surface area (Å²) in [6.45, 7) is 4.39. The van der Waals surface area contributed by atoms with Crippen molar-refractivity contribution in [3.63, 3.8) is 0 Å². The van der Waals surface area contributed by atoms with E-state index < -0.39 is 17.7 Å². The smallest absolute Gasteiger partial charge is 0.295 e. The number of aliphatic hydroxyl groups excluding tert-OH is 1. The van der Waals surface area contributed by atoms with Gasteiger partial charge in [0.05, 0.1) is 21.7 Å². The lowest BCUT2D eigenvalue weighted by atomic mass is 9.92. The Bertz CT molecular complexity index is 968. The number of ketones is 1. The monoisotopic (exact) mass is 417 g/mol. The summed E-state index contributed by atoms with van der Waals surface area (Å²) in [6.07, 6.45) is 1.65. The normalized spacial score (nSPS) is 18.7. The van der Waals surface area contributed by atoms with E-state index in [1.807, 2.05) is 38.1 Å². The van der Waals surface area contributed by atoms with Gasteiger partial charge in [-0.2, -0.15) is 0 Å². The van der Waals surface area contributed by atoms with Crippen molar-refractivity contribution >= 4 is 40.7 Å². The predicted octanol–water partition coefficient (Wildman–Crippen LogP) is 5.52. The first kappa shape index (κ1) is 20.4.